The van der Waals surface area contributed by atoms with Gasteiger partial charge in [-0.2, -0.15) is 18.2 Å². The van der Waals surface area contributed by atoms with Crippen molar-refractivity contribution in [3.63, 3.8) is 0 Å². The Balaban J connectivity index is 2.29. The molecule has 0 radical (unpaired) electrons. The fourth-order valence-corrected chi connectivity index (χ4v) is 2.03. The van der Waals surface area contributed by atoms with E-state index >= 15 is 0 Å². The van der Waals surface area contributed by atoms with Crippen LogP contribution in [0.1, 0.15) is 12.1 Å². The molecule has 24 heavy (non-hydrogen) atoms. The number of halogens is 5. The summed E-state index contributed by atoms with van der Waals surface area (Å²) in [4.78, 5) is 7.41. The number of aliphatic hydroxyl groups is 1. The number of alkyl halides is 3. The predicted octanol–water partition coefficient (Wildman–Crippen LogP) is 4.34. The molecule has 0 bridgehead atoms. The zero-order valence-electron chi connectivity index (χ0n) is 12.2. The van der Waals surface area contributed by atoms with E-state index in [0.29, 0.717) is 17.1 Å². The summed E-state index contributed by atoms with van der Waals surface area (Å²) in [6, 6.07) is 5.33. The van der Waals surface area contributed by atoms with Crippen LogP contribution >= 0.6 is 23.2 Å². The van der Waals surface area contributed by atoms with Gasteiger partial charge in [-0.05, 0) is 24.6 Å². The van der Waals surface area contributed by atoms with Gasteiger partial charge in [-0.15, -0.1) is 0 Å². The lowest BCUT2D eigenvalue weighted by Gasteiger charge is -2.13. The van der Waals surface area contributed by atoms with Crippen LogP contribution in [0.3, 0.4) is 0 Å². The topological polar surface area (TPSA) is 70.1 Å². The van der Waals surface area contributed by atoms with Crippen molar-refractivity contribution in [2.24, 2.45) is 0 Å². The third-order valence-electron chi connectivity index (χ3n) is 2.83. The molecule has 0 unspecified atom stereocenters. The van der Waals surface area contributed by atoms with E-state index in [1.807, 2.05) is 0 Å². The van der Waals surface area contributed by atoms with Crippen molar-refractivity contribution in [2.75, 3.05) is 23.8 Å². The fourth-order valence-electron chi connectivity index (χ4n) is 1.74. The number of rotatable bonds is 6. The van der Waals surface area contributed by atoms with Crippen LogP contribution in [0.5, 0.6) is 0 Å². The summed E-state index contributed by atoms with van der Waals surface area (Å²) in [7, 11) is 0. The average Bonchev–Trinajstić information content (AvgIpc) is 2.50. The summed E-state index contributed by atoms with van der Waals surface area (Å²) in [6.45, 7) is 0.143. The van der Waals surface area contributed by atoms with Gasteiger partial charge in [-0.25, -0.2) is 4.98 Å². The Morgan fingerprint density at radius 3 is 2.46 bits per heavy atom. The van der Waals surface area contributed by atoms with E-state index in [4.69, 9.17) is 28.3 Å². The second kappa shape index (κ2) is 7.87. The number of aliphatic hydroxyl groups excluding tert-OH is 1. The molecule has 2 rings (SSSR count). The molecule has 0 atom stereocenters. The molecular formula is C14H13Cl2F3N4O. The van der Waals surface area contributed by atoms with Crippen LogP contribution < -0.4 is 10.6 Å². The van der Waals surface area contributed by atoms with Gasteiger partial charge in [0.25, 0.3) is 0 Å². The Labute approximate surface area is 145 Å². The van der Waals surface area contributed by atoms with Gasteiger partial charge in [0.15, 0.2) is 5.69 Å². The molecule has 0 aliphatic heterocycles. The SMILES string of the molecule is OCCCNc1nc(Nc2ccc(Cl)c(Cl)c2)cc(C(F)(F)F)n1. The van der Waals surface area contributed by atoms with E-state index in [1.54, 1.807) is 6.07 Å². The molecule has 1 aromatic heterocycles. The highest BCUT2D eigenvalue weighted by Gasteiger charge is 2.33. The van der Waals surface area contributed by atoms with Crippen LogP contribution in [-0.2, 0) is 6.18 Å². The summed E-state index contributed by atoms with van der Waals surface area (Å²) in [6.07, 6.45) is -4.26. The smallest absolute Gasteiger partial charge is 0.396 e. The molecule has 2 aromatic rings. The third-order valence-corrected chi connectivity index (χ3v) is 3.57. The van der Waals surface area contributed by atoms with Crippen molar-refractivity contribution in [3.05, 3.63) is 40.0 Å². The van der Waals surface area contributed by atoms with Crippen LogP contribution in [0.15, 0.2) is 24.3 Å². The van der Waals surface area contributed by atoms with Gasteiger partial charge in [0.05, 0.1) is 10.0 Å². The van der Waals surface area contributed by atoms with Crippen LogP contribution in [0.2, 0.25) is 10.0 Å². The highest BCUT2D eigenvalue weighted by atomic mass is 35.5. The summed E-state index contributed by atoms with van der Waals surface area (Å²) >= 11 is 11.7. The molecule has 5 nitrogen and oxygen atoms in total. The maximum absolute atomic E-state index is 13.0. The van der Waals surface area contributed by atoms with Crippen molar-refractivity contribution in [3.8, 4) is 0 Å². The van der Waals surface area contributed by atoms with Gasteiger partial charge >= 0.3 is 6.18 Å². The molecule has 0 amide bonds. The van der Waals surface area contributed by atoms with Gasteiger partial charge in [-0.1, -0.05) is 23.2 Å². The third kappa shape index (κ3) is 5.12. The van der Waals surface area contributed by atoms with Crippen LogP contribution in [-0.4, -0.2) is 28.2 Å². The summed E-state index contributed by atoms with van der Waals surface area (Å²) in [5.41, 5.74) is -0.663. The Bertz CT molecular complexity index is 713. The zero-order valence-corrected chi connectivity index (χ0v) is 13.7. The molecule has 0 aliphatic carbocycles. The van der Waals surface area contributed by atoms with E-state index in [9.17, 15) is 13.2 Å². The van der Waals surface area contributed by atoms with Crippen molar-refractivity contribution in [2.45, 2.75) is 12.6 Å². The number of hydrogen-bond acceptors (Lipinski definition) is 5. The summed E-state index contributed by atoms with van der Waals surface area (Å²) < 4.78 is 38.9. The van der Waals surface area contributed by atoms with Gasteiger partial charge in [0, 0.05) is 24.9 Å². The Morgan fingerprint density at radius 2 is 1.83 bits per heavy atom. The van der Waals surface area contributed by atoms with Crippen molar-refractivity contribution in [1.82, 2.24) is 9.97 Å². The predicted molar refractivity (Wildman–Crippen MR) is 87.0 cm³/mol. The molecule has 10 heteroatoms. The highest BCUT2D eigenvalue weighted by molar-refractivity contribution is 6.42. The number of benzene rings is 1. The maximum Gasteiger partial charge on any atom is 0.433 e. The van der Waals surface area contributed by atoms with Crippen molar-refractivity contribution < 1.29 is 18.3 Å². The first-order valence-electron chi connectivity index (χ1n) is 6.82. The fraction of sp³-hybridized carbons (Fsp3) is 0.286. The monoisotopic (exact) mass is 380 g/mol. The number of hydrogen-bond donors (Lipinski definition) is 3. The lowest BCUT2D eigenvalue weighted by molar-refractivity contribution is -0.141. The van der Waals surface area contributed by atoms with Gasteiger partial charge in [-0.3, -0.25) is 0 Å². The quantitative estimate of drug-likeness (QED) is 0.650. The first kappa shape index (κ1) is 18.6. The largest absolute Gasteiger partial charge is 0.433 e. The van der Waals surface area contributed by atoms with E-state index in [1.165, 1.54) is 12.1 Å². The molecule has 0 spiro atoms. The molecule has 0 saturated heterocycles. The number of aromatic nitrogens is 2. The first-order chi connectivity index (χ1) is 11.3. The molecular weight excluding hydrogens is 368 g/mol. The zero-order chi connectivity index (χ0) is 17.7. The second-order valence-corrected chi connectivity index (χ2v) is 5.53. The van der Waals surface area contributed by atoms with E-state index < -0.39 is 11.9 Å². The highest BCUT2D eigenvalue weighted by Crippen LogP contribution is 2.31. The van der Waals surface area contributed by atoms with E-state index in [0.717, 1.165) is 6.07 Å². The minimum absolute atomic E-state index is 0.0535. The number of nitrogens with zero attached hydrogens (tertiary/aromatic N) is 2. The molecule has 0 saturated carbocycles. The van der Waals surface area contributed by atoms with E-state index in [-0.39, 0.29) is 29.9 Å². The number of anilines is 3. The maximum atomic E-state index is 13.0. The Hall–Kier alpha value is -1.77. The van der Waals surface area contributed by atoms with Crippen LogP contribution in [0.4, 0.5) is 30.6 Å². The minimum atomic E-state index is -4.62. The minimum Gasteiger partial charge on any atom is -0.396 e. The lowest BCUT2D eigenvalue weighted by atomic mass is 10.3. The molecule has 0 fully saturated rings. The molecule has 3 N–H and O–H groups in total. The van der Waals surface area contributed by atoms with Gasteiger partial charge in [0.1, 0.15) is 5.82 Å². The Morgan fingerprint density at radius 1 is 1.08 bits per heavy atom. The normalized spacial score (nSPS) is 11.4. The first-order valence-corrected chi connectivity index (χ1v) is 7.58. The number of nitrogens with one attached hydrogen (secondary N) is 2. The van der Waals surface area contributed by atoms with Gasteiger partial charge in [0.2, 0.25) is 5.95 Å². The molecule has 130 valence electrons. The molecule has 0 aliphatic rings. The van der Waals surface area contributed by atoms with E-state index in [2.05, 4.69) is 20.6 Å². The van der Waals surface area contributed by atoms with Crippen molar-refractivity contribution in [1.29, 1.82) is 0 Å². The summed E-state index contributed by atoms with van der Waals surface area (Å²) in [5, 5.41) is 14.7. The second-order valence-electron chi connectivity index (χ2n) is 4.72. The van der Waals surface area contributed by atoms with Crippen LogP contribution in [0, 0.1) is 0 Å². The van der Waals surface area contributed by atoms with Crippen LogP contribution in [0.25, 0.3) is 0 Å². The van der Waals surface area contributed by atoms with Gasteiger partial charge < -0.3 is 15.7 Å². The molecule has 1 heterocycles. The Kier molecular flexibility index (Phi) is 6.09. The molecule has 1 aromatic carbocycles. The van der Waals surface area contributed by atoms with Crippen molar-refractivity contribution >= 4 is 40.7 Å². The standard InChI is InChI=1S/C14H13Cl2F3N4O/c15-9-3-2-8(6-10(9)16)21-12-7-11(14(17,18)19)22-13(23-12)20-4-1-5-24/h2-3,6-7,24H,1,4-5H2,(H2,20,21,22,23). The summed E-state index contributed by atoms with van der Waals surface area (Å²) in [5.74, 6) is -0.247. The lowest BCUT2D eigenvalue weighted by Crippen LogP contribution is -2.14. The average molecular weight is 381 g/mol.